The molecule has 5 nitrogen and oxygen atoms in total. The van der Waals surface area contributed by atoms with Crippen molar-refractivity contribution in [2.45, 2.75) is 40.0 Å². The van der Waals surface area contributed by atoms with Gasteiger partial charge in [-0.05, 0) is 23.9 Å². The molecule has 0 aliphatic rings. The molecule has 1 aromatic carbocycles. The number of aryl methyl sites for hydroxylation is 1. The van der Waals surface area contributed by atoms with Crippen LogP contribution >= 0.6 is 0 Å². The Morgan fingerprint density at radius 3 is 1.96 bits per heavy atom. The maximum absolute atomic E-state index is 9.54. The van der Waals surface area contributed by atoms with Gasteiger partial charge in [0.05, 0.1) is 0 Å². The summed E-state index contributed by atoms with van der Waals surface area (Å²) in [6, 6.07) is 10.6. The summed E-state index contributed by atoms with van der Waals surface area (Å²) in [5.74, 6) is 0. The van der Waals surface area contributed by atoms with E-state index >= 15 is 0 Å². The van der Waals surface area contributed by atoms with E-state index in [2.05, 4.69) is 66.7 Å². The highest BCUT2D eigenvalue weighted by Crippen LogP contribution is 2.14. The number of amides is 2. The van der Waals surface area contributed by atoms with Gasteiger partial charge in [-0.3, -0.25) is 9.59 Å². The number of hydrogen-bond donors (Lipinski definition) is 3. The van der Waals surface area contributed by atoms with Gasteiger partial charge in [-0.1, -0.05) is 51.8 Å². The van der Waals surface area contributed by atoms with Crippen molar-refractivity contribution in [3.8, 4) is 0 Å². The Morgan fingerprint density at radius 1 is 0.957 bits per heavy atom. The molecule has 1 heterocycles. The Kier molecular flexibility index (Phi) is 13.2. The highest BCUT2D eigenvalue weighted by molar-refractivity contribution is 5.80. The normalized spacial score (nSPS) is 9.00. The fourth-order valence-corrected chi connectivity index (χ4v) is 1.59. The minimum atomic E-state index is 0.488. The van der Waals surface area contributed by atoms with Crippen molar-refractivity contribution < 1.29 is 9.59 Å². The van der Waals surface area contributed by atoms with Gasteiger partial charge in [0, 0.05) is 24.3 Å². The average molecular weight is 319 g/mol. The number of aromatic nitrogens is 1. The monoisotopic (exact) mass is 319 g/mol. The molecule has 128 valence electrons. The summed E-state index contributed by atoms with van der Waals surface area (Å²) in [5, 5.41) is 6.07. The minimum Gasteiger partial charge on any atom is -0.358 e. The van der Waals surface area contributed by atoms with Crippen LogP contribution in [0, 0.1) is 0 Å². The van der Waals surface area contributed by atoms with E-state index in [4.69, 9.17) is 0 Å². The number of nitrogens with one attached hydrogen (secondary N) is 3. The zero-order valence-corrected chi connectivity index (χ0v) is 14.4. The van der Waals surface area contributed by atoms with E-state index in [0.717, 1.165) is 6.42 Å². The number of aromatic amines is 1. The third-order valence-corrected chi connectivity index (χ3v) is 3.05. The SMILES string of the molecule is CCCC.CCc1cc2ccccc2[nH]1.O=CNCCNC=O. The van der Waals surface area contributed by atoms with E-state index in [9.17, 15) is 9.59 Å². The predicted octanol–water partition coefficient (Wildman–Crippen LogP) is 3.02. The van der Waals surface area contributed by atoms with Crippen LogP contribution in [0.3, 0.4) is 0 Å². The third-order valence-electron chi connectivity index (χ3n) is 3.05. The standard InChI is InChI=1S/C10H11N.C4H8N2O2.C4H10/c1-2-9-7-8-5-3-4-6-10(8)11-9;7-3-5-1-2-6-4-8;1-3-4-2/h3-7,11H,2H2,1H3;3-4H,1-2H2,(H,5,7)(H,6,8);3-4H2,1-2H3. The first-order valence-electron chi connectivity index (χ1n) is 8.14. The predicted molar refractivity (Wildman–Crippen MR) is 96.4 cm³/mol. The lowest BCUT2D eigenvalue weighted by Crippen LogP contribution is -2.25. The number of carbonyl (C=O) groups excluding carboxylic acids is 2. The molecule has 1 aromatic heterocycles. The van der Waals surface area contributed by atoms with Crippen LogP contribution in [0.25, 0.3) is 10.9 Å². The Balaban J connectivity index is 0.000000357. The number of para-hydroxylation sites is 1. The van der Waals surface area contributed by atoms with Crippen LogP contribution in [0.2, 0.25) is 0 Å². The van der Waals surface area contributed by atoms with Crippen molar-refractivity contribution in [3.63, 3.8) is 0 Å². The second-order valence-electron chi connectivity index (χ2n) is 4.88. The molecule has 0 atom stereocenters. The largest absolute Gasteiger partial charge is 0.358 e. The van der Waals surface area contributed by atoms with E-state index < -0.39 is 0 Å². The van der Waals surface area contributed by atoms with E-state index in [1.54, 1.807) is 0 Å². The van der Waals surface area contributed by atoms with Crippen molar-refractivity contribution >= 4 is 23.7 Å². The molecule has 2 rings (SSSR count). The number of benzene rings is 1. The van der Waals surface area contributed by atoms with Gasteiger partial charge in [0.1, 0.15) is 0 Å². The smallest absolute Gasteiger partial charge is 0.207 e. The fourth-order valence-electron chi connectivity index (χ4n) is 1.59. The molecular weight excluding hydrogens is 290 g/mol. The van der Waals surface area contributed by atoms with Crippen LogP contribution < -0.4 is 10.6 Å². The molecule has 0 aliphatic heterocycles. The van der Waals surface area contributed by atoms with Crippen LogP contribution in [-0.4, -0.2) is 30.9 Å². The summed E-state index contributed by atoms with van der Waals surface area (Å²) < 4.78 is 0. The molecule has 0 saturated heterocycles. The number of H-pyrrole nitrogens is 1. The zero-order valence-electron chi connectivity index (χ0n) is 14.4. The molecule has 2 aromatic rings. The molecule has 0 bridgehead atoms. The topological polar surface area (TPSA) is 74.0 Å². The van der Waals surface area contributed by atoms with Crippen LogP contribution in [0.4, 0.5) is 0 Å². The van der Waals surface area contributed by atoms with E-state index in [-0.39, 0.29) is 0 Å². The molecule has 0 spiro atoms. The Hall–Kier alpha value is -2.30. The Morgan fingerprint density at radius 2 is 1.52 bits per heavy atom. The Labute approximate surface area is 138 Å². The summed E-state index contributed by atoms with van der Waals surface area (Å²) in [6.45, 7) is 7.50. The highest BCUT2D eigenvalue weighted by Gasteiger charge is 1.95. The zero-order chi connectivity index (χ0) is 17.3. The van der Waals surface area contributed by atoms with Gasteiger partial charge in [0.2, 0.25) is 12.8 Å². The molecule has 0 fully saturated rings. The maximum Gasteiger partial charge on any atom is 0.207 e. The van der Waals surface area contributed by atoms with E-state index in [0.29, 0.717) is 25.9 Å². The van der Waals surface area contributed by atoms with Crippen molar-refractivity contribution in [3.05, 3.63) is 36.0 Å². The minimum absolute atomic E-state index is 0.488. The number of fused-ring (bicyclic) bond motifs is 1. The van der Waals surface area contributed by atoms with Gasteiger partial charge in [0.15, 0.2) is 0 Å². The summed E-state index contributed by atoms with van der Waals surface area (Å²) >= 11 is 0. The van der Waals surface area contributed by atoms with Crippen LogP contribution in [0.5, 0.6) is 0 Å². The molecule has 3 N–H and O–H groups in total. The van der Waals surface area contributed by atoms with Crippen molar-refractivity contribution in [2.75, 3.05) is 13.1 Å². The second kappa shape index (κ2) is 14.6. The second-order valence-corrected chi connectivity index (χ2v) is 4.88. The molecule has 0 unspecified atom stereocenters. The summed E-state index contributed by atoms with van der Waals surface area (Å²) in [7, 11) is 0. The van der Waals surface area contributed by atoms with Gasteiger partial charge in [-0.2, -0.15) is 0 Å². The molecule has 0 saturated carbocycles. The number of carbonyl (C=O) groups is 2. The maximum atomic E-state index is 9.54. The van der Waals surface area contributed by atoms with Crippen molar-refractivity contribution in [1.29, 1.82) is 0 Å². The molecule has 0 aliphatic carbocycles. The number of unbranched alkanes of at least 4 members (excludes halogenated alkanes) is 1. The lowest BCUT2D eigenvalue weighted by atomic mass is 10.2. The summed E-state index contributed by atoms with van der Waals surface area (Å²) in [5.41, 5.74) is 2.55. The average Bonchev–Trinajstić information content (AvgIpc) is 3.03. The van der Waals surface area contributed by atoms with Gasteiger partial charge in [0.25, 0.3) is 0 Å². The third kappa shape index (κ3) is 10.1. The quantitative estimate of drug-likeness (QED) is 0.542. The number of rotatable bonds is 7. The summed E-state index contributed by atoms with van der Waals surface area (Å²) in [6.07, 6.45) is 4.90. The summed E-state index contributed by atoms with van der Waals surface area (Å²) in [4.78, 5) is 22.4. The molecule has 0 radical (unpaired) electrons. The molecule has 23 heavy (non-hydrogen) atoms. The first-order chi connectivity index (χ1) is 11.2. The lowest BCUT2D eigenvalue weighted by molar-refractivity contribution is -0.111. The van der Waals surface area contributed by atoms with Crippen molar-refractivity contribution in [2.24, 2.45) is 0 Å². The molecule has 5 heteroatoms. The van der Waals surface area contributed by atoms with Crippen molar-refractivity contribution in [1.82, 2.24) is 15.6 Å². The van der Waals surface area contributed by atoms with Gasteiger partial charge >= 0.3 is 0 Å². The molecular formula is C18H29N3O2. The number of hydrogen-bond acceptors (Lipinski definition) is 2. The fraction of sp³-hybridized carbons (Fsp3) is 0.444. The first-order valence-corrected chi connectivity index (χ1v) is 8.14. The van der Waals surface area contributed by atoms with Crippen LogP contribution in [0.1, 0.15) is 39.3 Å². The van der Waals surface area contributed by atoms with Gasteiger partial charge in [-0.25, -0.2) is 0 Å². The lowest BCUT2D eigenvalue weighted by Gasteiger charge is -1.93. The van der Waals surface area contributed by atoms with Gasteiger partial charge in [-0.15, -0.1) is 0 Å². The Bertz CT molecular complexity index is 493. The first kappa shape index (κ1) is 20.7. The van der Waals surface area contributed by atoms with Gasteiger partial charge < -0.3 is 15.6 Å². The van der Waals surface area contributed by atoms with E-state index in [1.165, 1.54) is 29.4 Å². The van der Waals surface area contributed by atoms with E-state index in [1.807, 2.05) is 0 Å². The van der Waals surface area contributed by atoms with Crippen LogP contribution in [-0.2, 0) is 16.0 Å². The molecule has 2 amide bonds. The highest BCUT2D eigenvalue weighted by atomic mass is 16.1. The van der Waals surface area contributed by atoms with Crippen LogP contribution in [0.15, 0.2) is 30.3 Å².